The molecule has 14 heteroatoms. The van der Waals surface area contributed by atoms with Crippen molar-refractivity contribution in [1.82, 2.24) is 39.6 Å². The van der Waals surface area contributed by atoms with Crippen LogP contribution in [0.15, 0.2) is 49.1 Å². The van der Waals surface area contributed by atoms with Gasteiger partial charge in [0.05, 0.1) is 29.7 Å². The second-order valence-electron chi connectivity index (χ2n) is 15.2. The molecule has 278 valence electrons. The van der Waals surface area contributed by atoms with E-state index in [1.54, 1.807) is 31.4 Å². The number of anilines is 4. The van der Waals surface area contributed by atoms with Gasteiger partial charge in [0.25, 0.3) is 5.91 Å². The number of rotatable bonds is 9. The lowest BCUT2D eigenvalue weighted by molar-refractivity contribution is -0.134. The summed E-state index contributed by atoms with van der Waals surface area (Å²) in [5.74, 6) is 1.06. The Hall–Kier alpha value is -5.11. The Morgan fingerprint density at radius 2 is 1.64 bits per heavy atom. The summed E-state index contributed by atoms with van der Waals surface area (Å²) in [6.45, 7) is 7.00. The molecule has 4 fully saturated rings. The van der Waals surface area contributed by atoms with E-state index >= 15 is 0 Å². The number of hydrogen-bond donors (Lipinski definition) is 2. The third kappa shape index (κ3) is 7.55. The number of pyridine rings is 2. The Kier molecular flexibility index (Phi) is 9.95. The third-order valence-electron chi connectivity index (χ3n) is 11.5. The number of imide groups is 1. The van der Waals surface area contributed by atoms with E-state index in [2.05, 4.69) is 52.0 Å². The minimum absolute atomic E-state index is 0.0192. The Morgan fingerprint density at radius 3 is 2.36 bits per heavy atom. The summed E-state index contributed by atoms with van der Waals surface area (Å²) >= 11 is 0. The van der Waals surface area contributed by atoms with Crippen molar-refractivity contribution < 1.29 is 14.4 Å². The average Bonchev–Trinajstić information content (AvgIpc) is 3.84. The highest BCUT2D eigenvalue weighted by atomic mass is 16.2. The van der Waals surface area contributed by atoms with E-state index in [1.807, 2.05) is 24.5 Å². The van der Waals surface area contributed by atoms with Crippen molar-refractivity contribution >= 4 is 51.9 Å². The molecule has 53 heavy (non-hydrogen) atoms. The predicted molar refractivity (Wildman–Crippen MR) is 204 cm³/mol. The normalized spacial score (nSPS) is 20.6. The molecule has 0 aromatic carbocycles. The van der Waals surface area contributed by atoms with Crippen molar-refractivity contribution in [1.29, 1.82) is 0 Å². The largest absolute Gasteiger partial charge is 0.370 e. The minimum Gasteiger partial charge on any atom is -0.370 e. The maximum atomic E-state index is 13.1. The summed E-state index contributed by atoms with van der Waals surface area (Å²) in [5, 5.41) is 6.62. The molecule has 0 radical (unpaired) electrons. The fraction of sp³-hybridized carbons (Fsp3) is 0.513. The van der Waals surface area contributed by atoms with Crippen molar-refractivity contribution in [3.05, 3.63) is 60.3 Å². The summed E-state index contributed by atoms with van der Waals surface area (Å²) in [4.78, 5) is 64.7. The van der Waals surface area contributed by atoms with Gasteiger partial charge in [-0.15, -0.1) is 0 Å². The highest BCUT2D eigenvalue weighted by Gasteiger charge is 2.30. The standard InChI is InChI=1S/C39H49N11O3/c1-46(2)38(53)33-20-28-22-42-39(45-36(28)50(33)29-5-3-4-6-29)43-34-9-7-30(24-41-34)49-17-15-47(16-18-49)25-26-11-13-48(14-12-26)31-19-27(21-40-23-31)32-8-10-35(51)44-37(32)52/h7,9,19-24,26,29,32H,3-6,8,10-18,25H2,1-2H3,(H,44,51,52)(H,41,42,43,45). The number of aromatic nitrogens is 5. The van der Waals surface area contributed by atoms with Gasteiger partial charge >= 0.3 is 0 Å². The minimum atomic E-state index is -0.311. The number of hydrogen-bond acceptors (Lipinski definition) is 11. The van der Waals surface area contributed by atoms with Gasteiger partial charge in [-0.1, -0.05) is 12.8 Å². The van der Waals surface area contributed by atoms with E-state index in [1.165, 1.54) is 0 Å². The van der Waals surface area contributed by atoms with Crippen LogP contribution in [0.1, 0.15) is 79.4 Å². The van der Waals surface area contributed by atoms with E-state index in [0.29, 0.717) is 36.2 Å². The van der Waals surface area contributed by atoms with Gasteiger partial charge < -0.3 is 24.6 Å². The lowest BCUT2D eigenvalue weighted by Gasteiger charge is -2.40. The first-order chi connectivity index (χ1) is 25.8. The molecule has 3 amide bonds. The molecule has 1 unspecified atom stereocenters. The number of carbonyl (C=O) groups excluding carboxylic acids is 3. The SMILES string of the molecule is CN(C)C(=O)c1cc2cnc(Nc3ccc(N4CCN(CC5CCN(c6cncc(C7CCC(=O)NC7=O)c6)CC5)CC4)cn3)nc2n1C1CCCC1. The van der Waals surface area contributed by atoms with E-state index < -0.39 is 0 Å². The maximum absolute atomic E-state index is 13.1. The molecular formula is C39H49N11O3. The fourth-order valence-electron chi connectivity index (χ4n) is 8.50. The van der Waals surface area contributed by atoms with Gasteiger partial charge in [0.15, 0.2) is 0 Å². The first kappa shape index (κ1) is 34.9. The van der Waals surface area contributed by atoms with Crippen molar-refractivity contribution in [2.24, 2.45) is 5.92 Å². The molecule has 0 spiro atoms. The number of amides is 3. The van der Waals surface area contributed by atoms with E-state index in [4.69, 9.17) is 9.97 Å². The van der Waals surface area contributed by atoms with Gasteiger partial charge in [-0.05, 0) is 67.9 Å². The molecule has 1 saturated carbocycles. The molecule has 14 nitrogen and oxygen atoms in total. The van der Waals surface area contributed by atoms with Crippen LogP contribution in [-0.2, 0) is 9.59 Å². The van der Waals surface area contributed by atoms with Crippen molar-refractivity contribution in [2.75, 3.05) is 75.0 Å². The molecule has 4 aliphatic rings. The molecular weight excluding hydrogens is 671 g/mol. The molecule has 4 aromatic heterocycles. The molecule has 1 atom stereocenters. The molecule has 7 heterocycles. The third-order valence-corrected chi connectivity index (χ3v) is 11.5. The molecule has 4 aromatic rings. The zero-order valence-corrected chi connectivity index (χ0v) is 30.7. The van der Waals surface area contributed by atoms with Crippen molar-refractivity contribution in [3.8, 4) is 0 Å². The van der Waals surface area contributed by atoms with E-state index in [0.717, 1.165) is 112 Å². The number of nitrogens with zero attached hydrogens (tertiary/aromatic N) is 9. The Labute approximate surface area is 310 Å². The van der Waals surface area contributed by atoms with Gasteiger partial charge in [-0.3, -0.25) is 29.6 Å². The van der Waals surface area contributed by atoms with Gasteiger partial charge in [0.1, 0.15) is 17.2 Å². The summed E-state index contributed by atoms with van der Waals surface area (Å²) in [6.07, 6.45) is 14.9. The number of fused-ring (bicyclic) bond motifs is 1. The molecule has 1 aliphatic carbocycles. The quantitative estimate of drug-likeness (QED) is 0.239. The summed E-state index contributed by atoms with van der Waals surface area (Å²) in [6, 6.07) is 8.36. The topological polar surface area (TPSA) is 145 Å². The van der Waals surface area contributed by atoms with Crippen LogP contribution < -0.4 is 20.4 Å². The maximum Gasteiger partial charge on any atom is 0.270 e. The number of piperazine rings is 1. The highest BCUT2D eigenvalue weighted by Crippen LogP contribution is 2.35. The Balaban J connectivity index is 0.826. The van der Waals surface area contributed by atoms with E-state index in [-0.39, 0.29) is 29.7 Å². The van der Waals surface area contributed by atoms with Crippen LogP contribution in [-0.4, -0.2) is 112 Å². The van der Waals surface area contributed by atoms with Crippen LogP contribution in [0.4, 0.5) is 23.1 Å². The zero-order valence-electron chi connectivity index (χ0n) is 30.7. The highest BCUT2D eigenvalue weighted by molar-refractivity contribution is 6.01. The van der Waals surface area contributed by atoms with Crippen LogP contribution in [0, 0.1) is 5.92 Å². The van der Waals surface area contributed by atoms with Crippen LogP contribution in [0.2, 0.25) is 0 Å². The van der Waals surface area contributed by atoms with Crippen LogP contribution >= 0.6 is 0 Å². The van der Waals surface area contributed by atoms with Crippen molar-refractivity contribution in [3.63, 3.8) is 0 Å². The number of nitrogens with one attached hydrogen (secondary N) is 2. The van der Waals surface area contributed by atoms with E-state index in [9.17, 15) is 14.4 Å². The molecule has 3 aliphatic heterocycles. The van der Waals surface area contributed by atoms with Gasteiger partial charge in [-0.2, -0.15) is 4.98 Å². The van der Waals surface area contributed by atoms with Crippen molar-refractivity contribution in [2.45, 2.75) is 63.3 Å². The molecule has 0 bridgehead atoms. The second kappa shape index (κ2) is 15.1. The van der Waals surface area contributed by atoms with Crippen LogP contribution in [0.5, 0.6) is 0 Å². The van der Waals surface area contributed by atoms with Gasteiger partial charge in [0.2, 0.25) is 17.8 Å². The Bertz CT molecular complexity index is 1960. The number of carbonyl (C=O) groups is 3. The van der Waals surface area contributed by atoms with Gasteiger partial charge in [-0.25, -0.2) is 9.97 Å². The second-order valence-corrected chi connectivity index (χ2v) is 15.2. The molecule has 8 rings (SSSR count). The molecule has 3 saturated heterocycles. The Morgan fingerprint density at radius 1 is 0.868 bits per heavy atom. The smallest absolute Gasteiger partial charge is 0.270 e. The monoisotopic (exact) mass is 719 g/mol. The van der Waals surface area contributed by atoms with Crippen LogP contribution in [0.3, 0.4) is 0 Å². The lowest BCUT2D eigenvalue weighted by atomic mass is 9.91. The van der Waals surface area contributed by atoms with Gasteiger partial charge in [0, 0.05) is 90.2 Å². The lowest BCUT2D eigenvalue weighted by Crippen LogP contribution is -2.49. The average molecular weight is 720 g/mol. The first-order valence-electron chi connectivity index (χ1n) is 19.1. The zero-order chi connectivity index (χ0) is 36.5. The summed E-state index contributed by atoms with van der Waals surface area (Å²) < 4.78 is 2.13. The number of piperidine rings is 2. The molecule has 2 N–H and O–H groups in total. The predicted octanol–water partition coefficient (Wildman–Crippen LogP) is 4.34. The summed E-state index contributed by atoms with van der Waals surface area (Å²) in [7, 11) is 3.57. The first-order valence-corrected chi connectivity index (χ1v) is 19.1. The van der Waals surface area contributed by atoms with Crippen LogP contribution in [0.25, 0.3) is 11.0 Å². The summed E-state index contributed by atoms with van der Waals surface area (Å²) in [5.41, 5.74) is 4.51. The fourth-order valence-corrected chi connectivity index (χ4v) is 8.50.